The van der Waals surface area contributed by atoms with E-state index in [2.05, 4.69) is 4.99 Å². The molecule has 2 aliphatic rings. The Morgan fingerprint density at radius 1 is 1.12 bits per heavy atom. The molecule has 1 unspecified atom stereocenters. The fraction of sp³-hybridized carbons (Fsp3) is 0.219. The number of ether oxygens (including phenoxy) is 5. The summed E-state index contributed by atoms with van der Waals surface area (Å²) in [5.41, 5.74) is 2.74. The van der Waals surface area contributed by atoms with Gasteiger partial charge in [-0.15, -0.1) is 0 Å². The van der Waals surface area contributed by atoms with Crippen LogP contribution in [0.2, 0.25) is 5.02 Å². The van der Waals surface area contributed by atoms with Gasteiger partial charge in [0.2, 0.25) is 6.79 Å². The van der Waals surface area contributed by atoms with Crippen LogP contribution in [0.15, 0.2) is 81.7 Å². The van der Waals surface area contributed by atoms with Gasteiger partial charge in [0.05, 0.1) is 35.6 Å². The van der Waals surface area contributed by atoms with Crippen molar-refractivity contribution in [1.82, 2.24) is 4.57 Å². The molecule has 0 spiro atoms. The van der Waals surface area contributed by atoms with Gasteiger partial charge in [0.25, 0.3) is 5.56 Å². The molecule has 0 saturated heterocycles. The summed E-state index contributed by atoms with van der Waals surface area (Å²) in [6.45, 7) is 4.05. The maximum absolute atomic E-state index is 14.0. The van der Waals surface area contributed by atoms with Gasteiger partial charge in [-0.2, -0.15) is 0 Å². The molecule has 0 bridgehead atoms. The normalized spacial score (nSPS) is 15.6. The third-order valence-electron chi connectivity index (χ3n) is 7.06. The minimum absolute atomic E-state index is 0.106. The number of benzene rings is 3. The maximum atomic E-state index is 14.0. The van der Waals surface area contributed by atoms with Gasteiger partial charge in [-0.3, -0.25) is 9.36 Å². The first-order chi connectivity index (χ1) is 20.9. The van der Waals surface area contributed by atoms with E-state index in [-0.39, 0.29) is 25.6 Å². The van der Waals surface area contributed by atoms with Crippen molar-refractivity contribution in [3.05, 3.63) is 113 Å². The maximum Gasteiger partial charge on any atom is 0.338 e. The first-order valence-corrected chi connectivity index (χ1v) is 14.7. The van der Waals surface area contributed by atoms with Crippen LogP contribution in [0.4, 0.5) is 0 Å². The van der Waals surface area contributed by atoms with Crippen molar-refractivity contribution in [2.45, 2.75) is 26.5 Å². The fourth-order valence-corrected chi connectivity index (χ4v) is 6.24. The predicted octanol–water partition coefficient (Wildman–Crippen LogP) is 4.77. The van der Waals surface area contributed by atoms with E-state index in [1.807, 2.05) is 36.4 Å². The highest BCUT2D eigenvalue weighted by Gasteiger charge is 2.34. The minimum atomic E-state index is -0.762. The van der Waals surface area contributed by atoms with Crippen molar-refractivity contribution >= 4 is 35.0 Å². The van der Waals surface area contributed by atoms with Gasteiger partial charge < -0.3 is 23.7 Å². The molecular weight excluding hydrogens is 592 g/mol. The third-order valence-corrected chi connectivity index (χ3v) is 8.41. The highest BCUT2D eigenvalue weighted by atomic mass is 35.5. The molecule has 6 rings (SSSR count). The van der Waals surface area contributed by atoms with Crippen LogP contribution >= 0.6 is 22.9 Å². The van der Waals surface area contributed by atoms with Crippen LogP contribution in [0.25, 0.3) is 6.08 Å². The molecule has 3 heterocycles. The number of hydrogen-bond acceptors (Lipinski definition) is 9. The van der Waals surface area contributed by atoms with Crippen LogP contribution in [0.1, 0.15) is 36.6 Å². The number of carbonyl (C=O) groups is 1. The van der Waals surface area contributed by atoms with E-state index in [1.54, 1.807) is 51.3 Å². The molecule has 3 aromatic carbocycles. The van der Waals surface area contributed by atoms with Crippen molar-refractivity contribution in [3.63, 3.8) is 0 Å². The van der Waals surface area contributed by atoms with Crippen LogP contribution in [0.3, 0.4) is 0 Å². The van der Waals surface area contributed by atoms with E-state index < -0.39 is 12.0 Å². The molecule has 0 aliphatic carbocycles. The topological polar surface area (TPSA) is 97.6 Å². The lowest BCUT2D eigenvalue weighted by Crippen LogP contribution is -2.39. The second-order valence-corrected chi connectivity index (χ2v) is 11.1. The molecule has 0 N–H and O–H groups in total. The Morgan fingerprint density at radius 2 is 1.93 bits per heavy atom. The number of fused-ring (bicyclic) bond motifs is 2. The SMILES string of the molecule is CCOC(=O)C1=C(C)N=c2s/c(=C/c3ccc(OCc4ccccc4Cl)c(OC)c3)c(=O)n2C1c1ccc2c(c1)OCO2. The van der Waals surface area contributed by atoms with E-state index in [4.69, 9.17) is 35.3 Å². The van der Waals surface area contributed by atoms with Crippen LogP contribution in [0.5, 0.6) is 23.0 Å². The Morgan fingerprint density at radius 3 is 2.72 bits per heavy atom. The van der Waals surface area contributed by atoms with Crippen LogP contribution < -0.4 is 33.8 Å². The quantitative estimate of drug-likeness (QED) is 0.263. The molecule has 1 atom stereocenters. The molecule has 2 aliphatic heterocycles. The third kappa shape index (κ3) is 5.51. The van der Waals surface area contributed by atoms with Gasteiger partial charge >= 0.3 is 5.97 Å². The molecule has 0 amide bonds. The Hall–Kier alpha value is -4.54. The number of nitrogens with zero attached hydrogens (tertiary/aromatic N) is 2. The summed E-state index contributed by atoms with van der Waals surface area (Å²) < 4.78 is 30.0. The summed E-state index contributed by atoms with van der Waals surface area (Å²) in [4.78, 5) is 32.2. The van der Waals surface area contributed by atoms with Gasteiger partial charge in [0, 0.05) is 10.6 Å². The average Bonchev–Trinajstić information content (AvgIpc) is 3.59. The van der Waals surface area contributed by atoms with Gasteiger partial charge in [0.15, 0.2) is 27.8 Å². The summed E-state index contributed by atoms with van der Waals surface area (Å²) in [7, 11) is 1.56. The van der Waals surface area contributed by atoms with Crippen molar-refractivity contribution in [2.75, 3.05) is 20.5 Å². The predicted molar refractivity (Wildman–Crippen MR) is 162 cm³/mol. The van der Waals surface area contributed by atoms with Crippen LogP contribution in [-0.2, 0) is 16.1 Å². The molecule has 0 saturated carbocycles. The molecule has 4 aromatic rings. The first kappa shape index (κ1) is 28.6. The average molecular weight is 619 g/mol. The lowest BCUT2D eigenvalue weighted by molar-refractivity contribution is -0.139. The number of thiazole rings is 1. The summed E-state index contributed by atoms with van der Waals surface area (Å²) in [5, 5.41) is 0.619. The monoisotopic (exact) mass is 618 g/mol. The number of allylic oxidation sites excluding steroid dienone is 1. The summed E-state index contributed by atoms with van der Waals surface area (Å²) in [6, 6.07) is 17.5. The fourth-order valence-electron chi connectivity index (χ4n) is 5.01. The summed E-state index contributed by atoms with van der Waals surface area (Å²) in [6.07, 6.45) is 1.77. The molecule has 9 nitrogen and oxygen atoms in total. The molecule has 220 valence electrons. The zero-order valence-electron chi connectivity index (χ0n) is 23.6. The van der Waals surface area contributed by atoms with Gasteiger partial charge in [0.1, 0.15) is 6.61 Å². The lowest BCUT2D eigenvalue weighted by atomic mass is 9.95. The molecule has 43 heavy (non-hydrogen) atoms. The zero-order valence-corrected chi connectivity index (χ0v) is 25.2. The van der Waals surface area contributed by atoms with Gasteiger partial charge in [-0.05, 0) is 61.4 Å². The second-order valence-electron chi connectivity index (χ2n) is 9.71. The molecule has 11 heteroatoms. The van der Waals surface area contributed by atoms with Gasteiger partial charge in [-0.25, -0.2) is 9.79 Å². The number of halogens is 1. The Balaban J connectivity index is 1.40. The Bertz CT molecular complexity index is 1950. The Kier molecular flexibility index (Phi) is 7.96. The van der Waals surface area contributed by atoms with E-state index in [0.29, 0.717) is 54.2 Å². The molecule has 1 aromatic heterocycles. The molecule has 0 radical (unpaired) electrons. The van der Waals surface area contributed by atoms with Crippen molar-refractivity contribution < 1.29 is 28.5 Å². The van der Waals surface area contributed by atoms with E-state index in [0.717, 1.165) is 11.1 Å². The summed E-state index contributed by atoms with van der Waals surface area (Å²) >= 11 is 7.51. The smallest absolute Gasteiger partial charge is 0.338 e. The minimum Gasteiger partial charge on any atom is -0.493 e. The standard InChI is InChI=1S/C32H27ClN2O7S/c1-4-39-31(37)28-18(2)34-32-35(29(28)20-10-12-24-26(15-20)42-17-41-24)30(36)27(43-32)14-19-9-11-23(25(13-19)38-3)40-16-21-7-5-6-8-22(21)33/h5-15,29H,4,16-17H2,1-3H3/b27-14+. The number of aromatic nitrogens is 1. The number of methoxy groups -OCH3 is 1. The highest BCUT2D eigenvalue weighted by molar-refractivity contribution is 7.07. The van der Waals surface area contributed by atoms with Gasteiger partial charge in [-0.1, -0.05) is 53.3 Å². The zero-order chi connectivity index (χ0) is 30.1. The molecular formula is C32H27ClN2O7S. The Labute approximate surface area is 255 Å². The largest absolute Gasteiger partial charge is 0.493 e. The number of hydrogen-bond donors (Lipinski definition) is 0. The van der Waals surface area contributed by atoms with Crippen molar-refractivity contribution in [2.24, 2.45) is 4.99 Å². The van der Waals surface area contributed by atoms with Crippen molar-refractivity contribution in [1.29, 1.82) is 0 Å². The lowest BCUT2D eigenvalue weighted by Gasteiger charge is -2.24. The van der Waals surface area contributed by atoms with Crippen LogP contribution in [0, 0.1) is 0 Å². The van der Waals surface area contributed by atoms with E-state index in [9.17, 15) is 9.59 Å². The summed E-state index contributed by atoms with van der Waals surface area (Å²) in [5.74, 6) is 1.66. The van der Waals surface area contributed by atoms with Crippen LogP contribution in [-0.4, -0.2) is 31.0 Å². The van der Waals surface area contributed by atoms with E-state index in [1.165, 1.54) is 15.9 Å². The van der Waals surface area contributed by atoms with E-state index >= 15 is 0 Å². The number of esters is 1. The second kappa shape index (κ2) is 12.0. The highest BCUT2D eigenvalue weighted by Crippen LogP contribution is 2.38. The first-order valence-electron chi connectivity index (χ1n) is 13.5. The number of carbonyl (C=O) groups excluding carboxylic acids is 1. The molecule has 0 fully saturated rings. The van der Waals surface area contributed by atoms with Crippen molar-refractivity contribution in [3.8, 4) is 23.0 Å². The number of rotatable bonds is 8.